The highest BCUT2D eigenvalue weighted by atomic mass is 16.5. The van der Waals surface area contributed by atoms with Gasteiger partial charge in [0.25, 0.3) is 0 Å². The number of nitrogens with zero attached hydrogens (tertiary/aromatic N) is 1. The highest BCUT2D eigenvalue weighted by Gasteiger charge is 2.10. The van der Waals surface area contributed by atoms with Crippen LogP contribution in [0.25, 0.3) is 0 Å². The molecule has 0 saturated heterocycles. The number of esters is 1. The van der Waals surface area contributed by atoms with E-state index in [0.29, 0.717) is 19.0 Å². The standard InChI is InChI=1S/C18H29N3O4/c1-5-19-18(20-10-9-17(23)24-4)21-12-16(22)14-7-6-8-15(11-14)25-13(2)3/h6-8,11,13,16,22H,5,9-10,12H2,1-4H3,(H2,19,20,21). The molecule has 7 heteroatoms. The van der Waals surface area contributed by atoms with E-state index in [0.717, 1.165) is 11.3 Å². The molecular weight excluding hydrogens is 322 g/mol. The largest absolute Gasteiger partial charge is 0.491 e. The first-order valence-electron chi connectivity index (χ1n) is 8.50. The van der Waals surface area contributed by atoms with Gasteiger partial charge in [-0.3, -0.25) is 9.79 Å². The highest BCUT2D eigenvalue weighted by molar-refractivity contribution is 5.80. The summed E-state index contributed by atoms with van der Waals surface area (Å²) in [5, 5.41) is 16.5. The lowest BCUT2D eigenvalue weighted by atomic mass is 10.1. The number of aliphatic hydroxyl groups excluding tert-OH is 1. The van der Waals surface area contributed by atoms with Crippen molar-refractivity contribution in [3.63, 3.8) is 0 Å². The van der Waals surface area contributed by atoms with Crippen molar-refractivity contribution < 1.29 is 19.4 Å². The molecule has 0 radical (unpaired) electrons. The zero-order valence-electron chi connectivity index (χ0n) is 15.4. The number of carbonyl (C=O) groups excluding carboxylic acids is 1. The quantitative estimate of drug-likeness (QED) is 0.356. The van der Waals surface area contributed by atoms with E-state index in [2.05, 4.69) is 20.4 Å². The fraction of sp³-hybridized carbons (Fsp3) is 0.556. The maximum absolute atomic E-state index is 11.1. The van der Waals surface area contributed by atoms with E-state index in [1.807, 2.05) is 45.0 Å². The summed E-state index contributed by atoms with van der Waals surface area (Å²) >= 11 is 0. The monoisotopic (exact) mass is 351 g/mol. The van der Waals surface area contributed by atoms with Crippen LogP contribution < -0.4 is 15.4 Å². The summed E-state index contributed by atoms with van der Waals surface area (Å²) in [4.78, 5) is 15.5. The third kappa shape index (κ3) is 8.39. The molecule has 0 spiro atoms. The number of methoxy groups -OCH3 is 1. The van der Waals surface area contributed by atoms with Crippen LogP contribution in [0.4, 0.5) is 0 Å². The van der Waals surface area contributed by atoms with Gasteiger partial charge in [-0.15, -0.1) is 0 Å². The number of ether oxygens (including phenoxy) is 2. The van der Waals surface area contributed by atoms with Crippen molar-refractivity contribution in [1.82, 2.24) is 10.6 Å². The molecule has 0 aliphatic rings. The Hall–Kier alpha value is -2.28. The molecule has 140 valence electrons. The Balaban J connectivity index is 2.63. The summed E-state index contributed by atoms with van der Waals surface area (Å²) in [5.41, 5.74) is 0.743. The lowest BCUT2D eigenvalue weighted by Gasteiger charge is -2.15. The summed E-state index contributed by atoms with van der Waals surface area (Å²) < 4.78 is 10.2. The van der Waals surface area contributed by atoms with Crippen LogP contribution in [0.1, 0.15) is 38.9 Å². The lowest BCUT2D eigenvalue weighted by Crippen LogP contribution is -2.38. The summed E-state index contributed by atoms with van der Waals surface area (Å²) in [7, 11) is 1.36. The van der Waals surface area contributed by atoms with Gasteiger partial charge >= 0.3 is 5.97 Å². The van der Waals surface area contributed by atoms with E-state index < -0.39 is 6.10 Å². The molecule has 0 aliphatic carbocycles. The van der Waals surface area contributed by atoms with Gasteiger partial charge in [-0.25, -0.2) is 0 Å². The van der Waals surface area contributed by atoms with Crippen LogP contribution in [0.5, 0.6) is 5.75 Å². The number of nitrogens with one attached hydrogen (secondary N) is 2. The Labute approximate surface area is 149 Å². The van der Waals surface area contributed by atoms with E-state index >= 15 is 0 Å². The first-order chi connectivity index (χ1) is 12.0. The van der Waals surface area contributed by atoms with Gasteiger partial charge in [0.05, 0.1) is 32.3 Å². The molecule has 0 aliphatic heterocycles. The summed E-state index contributed by atoms with van der Waals surface area (Å²) in [5.74, 6) is 0.976. The smallest absolute Gasteiger partial charge is 0.307 e. The summed E-state index contributed by atoms with van der Waals surface area (Å²) in [6.45, 7) is 7.13. The lowest BCUT2D eigenvalue weighted by molar-refractivity contribution is -0.140. The number of benzene rings is 1. The van der Waals surface area contributed by atoms with E-state index in [9.17, 15) is 9.90 Å². The Morgan fingerprint density at radius 3 is 2.72 bits per heavy atom. The molecule has 0 amide bonds. The Morgan fingerprint density at radius 1 is 1.32 bits per heavy atom. The van der Waals surface area contributed by atoms with Gasteiger partial charge in [0.1, 0.15) is 5.75 Å². The predicted octanol–water partition coefficient (Wildman–Crippen LogP) is 1.63. The number of rotatable bonds is 9. The Morgan fingerprint density at radius 2 is 2.08 bits per heavy atom. The van der Waals surface area contributed by atoms with Crippen LogP contribution in [0.2, 0.25) is 0 Å². The zero-order chi connectivity index (χ0) is 18.7. The van der Waals surface area contributed by atoms with Crippen LogP contribution in [-0.4, -0.2) is 49.9 Å². The minimum atomic E-state index is -0.744. The van der Waals surface area contributed by atoms with Gasteiger partial charge in [-0.05, 0) is 38.5 Å². The van der Waals surface area contributed by atoms with Crippen molar-refractivity contribution in [2.75, 3.05) is 26.7 Å². The van der Waals surface area contributed by atoms with Crippen LogP contribution in [0, 0.1) is 0 Å². The highest BCUT2D eigenvalue weighted by Crippen LogP contribution is 2.20. The van der Waals surface area contributed by atoms with Gasteiger partial charge in [-0.2, -0.15) is 0 Å². The molecule has 25 heavy (non-hydrogen) atoms. The zero-order valence-corrected chi connectivity index (χ0v) is 15.4. The van der Waals surface area contributed by atoms with E-state index in [1.165, 1.54) is 7.11 Å². The minimum absolute atomic E-state index is 0.0739. The Kier molecular flexibility index (Phi) is 9.39. The number of guanidine groups is 1. The van der Waals surface area contributed by atoms with Crippen molar-refractivity contribution in [2.24, 2.45) is 4.99 Å². The second-order valence-electron chi connectivity index (χ2n) is 5.73. The first kappa shape index (κ1) is 20.8. The molecule has 0 heterocycles. The fourth-order valence-corrected chi connectivity index (χ4v) is 2.08. The molecule has 1 unspecified atom stereocenters. The van der Waals surface area contributed by atoms with Gasteiger partial charge in [0, 0.05) is 13.1 Å². The predicted molar refractivity (Wildman–Crippen MR) is 97.8 cm³/mol. The minimum Gasteiger partial charge on any atom is -0.491 e. The van der Waals surface area contributed by atoms with Gasteiger partial charge in [0.2, 0.25) is 0 Å². The van der Waals surface area contributed by atoms with Crippen molar-refractivity contribution in [1.29, 1.82) is 0 Å². The molecule has 0 saturated carbocycles. The number of aliphatic hydroxyl groups is 1. The van der Waals surface area contributed by atoms with E-state index in [-0.39, 0.29) is 25.0 Å². The Bertz CT molecular complexity index is 561. The first-order valence-corrected chi connectivity index (χ1v) is 8.50. The second kappa shape index (κ2) is 11.3. The maximum Gasteiger partial charge on any atom is 0.307 e. The normalized spacial score (nSPS) is 12.6. The number of aliphatic imine (C=N–C) groups is 1. The van der Waals surface area contributed by atoms with Crippen molar-refractivity contribution in [2.45, 2.75) is 39.4 Å². The second-order valence-corrected chi connectivity index (χ2v) is 5.73. The van der Waals surface area contributed by atoms with Crippen LogP contribution >= 0.6 is 0 Å². The molecule has 0 fully saturated rings. The number of hydrogen-bond acceptors (Lipinski definition) is 5. The van der Waals surface area contributed by atoms with E-state index in [1.54, 1.807) is 0 Å². The average molecular weight is 351 g/mol. The molecule has 7 nitrogen and oxygen atoms in total. The summed E-state index contributed by atoms with van der Waals surface area (Å²) in [6, 6.07) is 7.36. The van der Waals surface area contributed by atoms with Crippen LogP contribution in [0.3, 0.4) is 0 Å². The van der Waals surface area contributed by atoms with Crippen LogP contribution in [0.15, 0.2) is 29.3 Å². The average Bonchev–Trinajstić information content (AvgIpc) is 2.58. The van der Waals surface area contributed by atoms with Crippen molar-refractivity contribution in [3.05, 3.63) is 29.8 Å². The van der Waals surface area contributed by atoms with E-state index in [4.69, 9.17) is 4.74 Å². The maximum atomic E-state index is 11.1. The molecule has 1 atom stereocenters. The fourth-order valence-electron chi connectivity index (χ4n) is 2.08. The molecule has 0 bridgehead atoms. The SMILES string of the molecule is CCNC(=NCC(O)c1cccc(OC(C)C)c1)NCCC(=O)OC. The van der Waals surface area contributed by atoms with Gasteiger partial charge in [0.15, 0.2) is 5.96 Å². The third-order valence-corrected chi connectivity index (χ3v) is 3.23. The third-order valence-electron chi connectivity index (χ3n) is 3.23. The topological polar surface area (TPSA) is 92.2 Å². The summed E-state index contributed by atoms with van der Waals surface area (Å²) in [6.07, 6.45) is -0.422. The molecule has 1 rings (SSSR count). The van der Waals surface area contributed by atoms with Crippen LogP contribution in [-0.2, 0) is 9.53 Å². The molecule has 0 aromatic heterocycles. The molecule has 1 aromatic carbocycles. The van der Waals surface area contributed by atoms with Crippen molar-refractivity contribution in [3.8, 4) is 5.75 Å². The molecular formula is C18H29N3O4. The van der Waals surface area contributed by atoms with Gasteiger partial charge < -0.3 is 25.2 Å². The van der Waals surface area contributed by atoms with Gasteiger partial charge in [-0.1, -0.05) is 12.1 Å². The number of hydrogen-bond donors (Lipinski definition) is 3. The molecule has 1 aromatic rings. The van der Waals surface area contributed by atoms with Crippen molar-refractivity contribution >= 4 is 11.9 Å². The number of carbonyl (C=O) groups is 1. The molecule has 3 N–H and O–H groups in total.